The van der Waals surface area contributed by atoms with Gasteiger partial charge in [-0.2, -0.15) is 0 Å². The van der Waals surface area contributed by atoms with Crippen molar-refractivity contribution in [1.82, 2.24) is 4.90 Å². The van der Waals surface area contributed by atoms with E-state index in [0.717, 1.165) is 50.6 Å². The number of nitrogens with zero attached hydrogens (tertiary/aromatic N) is 1. The summed E-state index contributed by atoms with van der Waals surface area (Å²) < 4.78 is 5.37. The Hall–Kier alpha value is -2.31. The van der Waals surface area contributed by atoms with Gasteiger partial charge < -0.3 is 19.5 Å². The van der Waals surface area contributed by atoms with E-state index in [1.165, 1.54) is 6.07 Å². The number of carboxylic acid groups (broad SMARTS) is 1. The number of aliphatic hydroxyl groups is 1. The Morgan fingerprint density at radius 1 is 1.15 bits per heavy atom. The molecule has 4 saturated carbocycles. The first kappa shape index (κ1) is 21.2. The molecule has 1 amide bonds. The molecule has 7 rings (SSSR count). The lowest BCUT2D eigenvalue weighted by molar-refractivity contribution is -0.168. The molecular weight excluding hydrogens is 442 g/mol. The average molecular weight is 470 g/mol. The van der Waals surface area contributed by atoms with Crippen molar-refractivity contribution in [2.24, 2.45) is 23.7 Å². The van der Waals surface area contributed by atoms with Gasteiger partial charge in [0.1, 0.15) is 5.76 Å². The molecule has 5 aliphatic rings. The number of hydrogen-bond donors (Lipinski definition) is 2. The van der Waals surface area contributed by atoms with Crippen molar-refractivity contribution in [1.29, 1.82) is 0 Å². The highest BCUT2D eigenvalue weighted by Crippen LogP contribution is 2.57. The Morgan fingerprint density at radius 2 is 1.91 bits per heavy atom. The molecule has 1 aromatic carbocycles. The summed E-state index contributed by atoms with van der Waals surface area (Å²) in [6, 6.07) is 8.88. The molecule has 33 heavy (non-hydrogen) atoms. The van der Waals surface area contributed by atoms with Crippen LogP contribution < -0.4 is 0 Å². The molecule has 4 bridgehead atoms. The highest BCUT2D eigenvalue weighted by Gasteiger charge is 2.57. The van der Waals surface area contributed by atoms with Gasteiger partial charge in [0.15, 0.2) is 0 Å². The molecule has 1 aliphatic heterocycles. The molecule has 1 saturated heterocycles. The van der Waals surface area contributed by atoms with Crippen LogP contribution in [0.15, 0.2) is 34.7 Å². The predicted molar refractivity (Wildman–Crippen MR) is 122 cm³/mol. The Balaban J connectivity index is 1.16. The van der Waals surface area contributed by atoms with Crippen LogP contribution in [0, 0.1) is 23.7 Å². The summed E-state index contributed by atoms with van der Waals surface area (Å²) in [6.07, 6.45) is 6.39. The second-order valence-corrected chi connectivity index (χ2v) is 11.1. The fourth-order valence-electron chi connectivity index (χ4n) is 7.45. The van der Waals surface area contributed by atoms with Crippen molar-refractivity contribution >= 4 is 23.5 Å². The molecule has 6 nitrogen and oxygen atoms in total. The Bertz CT molecular complexity index is 1110. The number of hydrogen-bond acceptors (Lipinski definition) is 4. The van der Waals surface area contributed by atoms with Crippen LogP contribution in [0.5, 0.6) is 0 Å². The largest absolute Gasteiger partial charge is 0.475 e. The smallest absolute Gasteiger partial charge is 0.371 e. The number of furan rings is 1. The van der Waals surface area contributed by atoms with E-state index >= 15 is 0 Å². The molecule has 2 heterocycles. The number of likely N-dealkylation sites (tertiary alicyclic amines) is 1. The van der Waals surface area contributed by atoms with E-state index in [1.54, 1.807) is 12.1 Å². The molecule has 2 N–H and O–H groups in total. The predicted octanol–water partition coefficient (Wildman–Crippen LogP) is 4.63. The summed E-state index contributed by atoms with van der Waals surface area (Å²) in [6.45, 7) is 0.796. The van der Waals surface area contributed by atoms with E-state index in [4.69, 9.17) is 21.1 Å². The lowest BCUT2D eigenvalue weighted by Gasteiger charge is -2.59. The van der Waals surface area contributed by atoms with Crippen molar-refractivity contribution in [3.63, 3.8) is 0 Å². The van der Waals surface area contributed by atoms with Crippen LogP contribution in [-0.4, -0.2) is 45.2 Å². The monoisotopic (exact) mass is 469 g/mol. The van der Waals surface area contributed by atoms with Crippen molar-refractivity contribution in [3.05, 3.63) is 46.7 Å². The molecule has 3 unspecified atom stereocenters. The summed E-state index contributed by atoms with van der Waals surface area (Å²) in [5, 5.41) is 20.5. The lowest BCUT2D eigenvalue weighted by atomic mass is 9.52. The minimum absolute atomic E-state index is 0.0733. The van der Waals surface area contributed by atoms with E-state index < -0.39 is 11.6 Å². The van der Waals surface area contributed by atoms with E-state index in [1.807, 2.05) is 12.1 Å². The molecule has 7 heteroatoms. The molecule has 0 spiro atoms. The molecule has 174 valence electrons. The third-order valence-corrected chi connectivity index (χ3v) is 8.87. The SMILES string of the molecule is O=C(O)c1ccc(-c2ccc(CC3CCN(C4C5CC6CC4CC(O)(C6)C5)C3=O)c(Cl)c2)o1. The minimum Gasteiger partial charge on any atom is -0.475 e. The maximum Gasteiger partial charge on any atom is 0.371 e. The Morgan fingerprint density at radius 3 is 2.55 bits per heavy atom. The standard InChI is InChI=1S/C26H28ClNO5/c27-20-10-16(21-3-4-22(33-21)25(30)31)2-1-15(20)9-17-5-6-28(24(17)29)23-18-7-14-8-19(23)13-26(32,11-14)12-18/h1-4,10,14,17-19,23,32H,5-9,11-13H2,(H,30,31). The van der Waals surface area contributed by atoms with E-state index in [0.29, 0.717) is 46.6 Å². The maximum atomic E-state index is 13.4. The van der Waals surface area contributed by atoms with Crippen LogP contribution in [0.1, 0.15) is 54.6 Å². The highest BCUT2D eigenvalue weighted by atomic mass is 35.5. The van der Waals surface area contributed by atoms with Gasteiger partial charge in [0.25, 0.3) is 0 Å². The topological polar surface area (TPSA) is 91.0 Å². The molecule has 3 atom stereocenters. The van der Waals surface area contributed by atoms with Gasteiger partial charge in [0.2, 0.25) is 11.7 Å². The first-order valence-corrected chi connectivity index (χ1v) is 12.3. The Kier molecular flexibility index (Phi) is 4.89. The summed E-state index contributed by atoms with van der Waals surface area (Å²) in [7, 11) is 0. The van der Waals surface area contributed by atoms with Crippen LogP contribution in [0.4, 0.5) is 0 Å². The van der Waals surface area contributed by atoms with Crippen molar-refractivity contribution in [2.75, 3.05) is 6.54 Å². The van der Waals surface area contributed by atoms with Crippen LogP contribution >= 0.6 is 11.6 Å². The summed E-state index contributed by atoms with van der Waals surface area (Å²) >= 11 is 6.56. The molecule has 0 radical (unpaired) electrons. The first-order chi connectivity index (χ1) is 15.8. The molecule has 2 aromatic rings. The van der Waals surface area contributed by atoms with E-state index in [9.17, 15) is 14.7 Å². The van der Waals surface area contributed by atoms with Gasteiger partial charge in [-0.1, -0.05) is 23.7 Å². The summed E-state index contributed by atoms with van der Waals surface area (Å²) in [5.41, 5.74) is 1.15. The van der Waals surface area contributed by atoms with Gasteiger partial charge in [-0.3, -0.25) is 4.79 Å². The number of carbonyl (C=O) groups excluding carboxylic acids is 1. The van der Waals surface area contributed by atoms with Crippen LogP contribution in [0.3, 0.4) is 0 Å². The fourth-order valence-corrected chi connectivity index (χ4v) is 7.71. The number of halogens is 1. The average Bonchev–Trinajstić information content (AvgIpc) is 3.37. The number of benzene rings is 1. The number of carboxylic acids is 1. The number of rotatable bonds is 5. The summed E-state index contributed by atoms with van der Waals surface area (Å²) in [4.78, 5) is 26.6. The van der Waals surface area contributed by atoms with E-state index in [-0.39, 0.29) is 17.6 Å². The van der Waals surface area contributed by atoms with Gasteiger partial charge in [-0.25, -0.2) is 4.79 Å². The van der Waals surface area contributed by atoms with Gasteiger partial charge in [-0.15, -0.1) is 0 Å². The van der Waals surface area contributed by atoms with E-state index in [2.05, 4.69) is 4.90 Å². The molecule has 5 fully saturated rings. The zero-order valence-electron chi connectivity index (χ0n) is 18.4. The van der Waals surface area contributed by atoms with Crippen molar-refractivity contribution in [3.8, 4) is 11.3 Å². The number of carbonyl (C=O) groups is 2. The molecule has 4 aliphatic carbocycles. The Labute approximate surface area is 197 Å². The number of aromatic carboxylic acids is 1. The van der Waals surface area contributed by atoms with Gasteiger partial charge in [0, 0.05) is 29.1 Å². The van der Waals surface area contributed by atoms with Gasteiger partial charge >= 0.3 is 5.97 Å². The fraction of sp³-hybridized carbons (Fsp3) is 0.538. The normalized spacial score (nSPS) is 34.9. The third kappa shape index (κ3) is 3.58. The second kappa shape index (κ2) is 7.60. The van der Waals surface area contributed by atoms with Gasteiger partial charge in [0.05, 0.1) is 5.60 Å². The lowest BCUT2D eigenvalue weighted by Crippen LogP contribution is -2.62. The van der Waals surface area contributed by atoms with Crippen LogP contribution in [0.2, 0.25) is 5.02 Å². The zero-order valence-corrected chi connectivity index (χ0v) is 19.1. The quantitative estimate of drug-likeness (QED) is 0.666. The zero-order chi connectivity index (χ0) is 22.9. The molecular formula is C26H28ClNO5. The maximum absolute atomic E-state index is 13.4. The van der Waals surface area contributed by atoms with Crippen LogP contribution in [-0.2, 0) is 11.2 Å². The second-order valence-electron chi connectivity index (χ2n) is 10.7. The van der Waals surface area contributed by atoms with Crippen LogP contribution in [0.25, 0.3) is 11.3 Å². The van der Waals surface area contributed by atoms with Crippen molar-refractivity contribution in [2.45, 2.75) is 56.6 Å². The first-order valence-electron chi connectivity index (χ1n) is 11.9. The van der Waals surface area contributed by atoms with Gasteiger partial charge in [-0.05, 0) is 86.5 Å². The van der Waals surface area contributed by atoms with Crippen molar-refractivity contribution < 1.29 is 24.2 Å². The number of amides is 1. The third-order valence-electron chi connectivity index (χ3n) is 8.52. The highest BCUT2D eigenvalue weighted by molar-refractivity contribution is 6.31. The minimum atomic E-state index is -1.11. The molecule has 1 aromatic heterocycles. The summed E-state index contributed by atoms with van der Waals surface area (Å²) in [5.74, 6) is 0.905.